The Balaban J connectivity index is 1.09. The van der Waals surface area contributed by atoms with Crippen molar-refractivity contribution >= 4 is 17.1 Å². The summed E-state index contributed by atoms with van der Waals surface area (Å²) in [5, 5.41) is 0. The van der Waals surface area contributed by atoms with Gasteiger partial charge in [-0.15, -0.1) is 0 Å². The molecule has 4 aliphatic rings. The summed E-state index contributed by atoms with van der Waals surface area (Å²) in [6.45, 7) is 0. The van der Waals surface area contributed by atoms with Crippen molar-refractivity contribution < 1.29 is 9.47 Å². The molecule has 0 saturated carbocycles. The molecule has 2 aliphatic heterocycles. The minimum Gasteiger partial charge on any atom is -0.457 e. The fourth-order valence-corrected chi connectivity index (χ4v) is 11.0. The van der Waals surface area contributed by atoms with Crippen LogP contribution in [0.2, 0.25) is 0 Å². The first-order valence-electron chi connectivity index (χ1n) is 20.3. The van der Waals surface area contributed by atoms with Gasteiger partial charge in [-0.25, -0.2) is 0 Å². The number of benzene rings is 9. The van der Waals surface area contributed by atoms with E-state index in [-0.39, 0.29) is 0 Å². The van der Waals surface area contributed by atoms with Gasteiger partial charge in [0.05, 0.1) is 10.8 Å². The molecule has 3 nitrogen and oxygen atoms in total. The van der Waals surface area contributed by atoms with Crippen LogP contribution in [0.4, 0.5) is 17.1 Å². The van der Waals surface area contributed by atoms with Crippen molar-refractivity contribution in [2.75, 3.05) is 4.90 Å². The van der Waals surface area contributed by atoms with Gasteiger partial charge in [-0.3, -0.25) is 0 Å². The van der Waals surface area contributed by atoms with Gasteiger partial charge in [-0.2, -0.15) is 0 Å². The highest BCUT2D eigenvalue weighted by Gasteiger charge is 2.53. The number of anilines is 3. The number of rotatable bonds is 3. The lowest BCUT2D eigenvalue weighted by Gasteiger charge is -2.40. The second-order valence-corrected chi connectivity index (χ2v) is 15.9. The lowest BCUT2D eigenvalue weighted by molar-refractivity contribution is 0.436. The summed E-state index contributed by atoms with van der Waals surface area (Å²) in [5.41, 5.74) is 16.7. The lowest BCUT2D eigenvalue weighted by Crippen LogP contribution is -2.32. The summed E-state index contributed by atoms with van der Waals surface area (Å²) in [6.07, 6.45) is 0. The van der Waals surface area contributed by atoms with E-state index in [9.17, 15) is 0 Å². The normalized spacial score (nSPS) is 14.6. The molecule has 3 heteroatoms. The maximum absolute atomic E-state index is 6.67. The SMILES string of the molecule is c1ccc(N(c2ccc3c(c2)C2(c4ccccc4Oc4ccccc42)c2ccccc2-3)c2ccc3c(c2)C2(c4ccccc4Oc4ccccc42)c2ccccc2-3)cc1. The third-order valence-electron chi connectivity index (χ3n) is 13.2. The van der Waals surface area contributed by atoms with Crippen molar-refractivity contribution in [1.82, 2.24) is 0 Å². The molecule has 9 aromatic rings. The van der Waals surface area contributed by atoms with E-state index >= 15 is 0 Å². The first-order chi connectivity index (χ1) is 29.3. The topological polar surface area (TPSA) is 21.7 Å². The van der Waals surface area contributed by atoms with Crippen molar-refractivity contribution in [1.29, 1.82) is 0 Å². The quantitative estimate of drug-likeness (QED) is 0.179. The smallest absolute Gasteiger partial charge is 0.132 e. The summed E-state index contributed by atoms with van der Waals surface area (Å²) in [7, 11) is 0. The monoisotopic (exact) mass is 753 g/mol. The van der Waals surface area contributed by atoms with Gasteiger partial charge in [0.25, 0.3) is 0 Å². The first-order valence-corrected chi connectivity index (χ1v) is 20.3. The largest absolute Gasteiger partial charge is 0.457 e. The van der Waals surface area contributed by atoms with Crippen LogP contribution < -0.4 is 14.4 Å². The standard InChI is InChI=1S/C56H35NO2/c1-2-16-36(17-3-1)57(37-30-32-41-39-18-4-6-20-43(39)55(49(41)34-37)45-22-8-12-26-51(45)58-52-27-13-9-23-46(52)55)38-31-33-42-40-19-5-7-21-44(40)56(50(42)35-38)47-24-10-14-28-53(47)59-54-29-15-11-25-48(54)56/h1-35H. The maximum atomic E-state index is 6.67. The molecule has 276 valence electrons. The Kier molecular flexibility index (Phi) is 6.58. The van der Waals surface area contributed by atoms with Crippen LogP contribution in [-0.4, -0.2) is 0 Å². The Morgan fingerprint density at radius 2 is 0.576 bits per heavy atom. The van der Waals surface area contributed by atoms with Gasteiger partial charge in [0.1, 0.15) is 23.0 Å². The van der Waals surface area contributed by atoms with E-state index in [1.807, 2.05) is 0 Å². The van der Waals surface area contributed by atoms with Gasteiger partial charge in [-0.1, -0.05) is 152 Å². The van der Waals surface area contributed by atoms with Crippen LogP contribution in [0.25, 0.3) is 22.3 Å². The Bertz CT molecular complexity index is 2910. The van der Waals surface area contributed by atoms with Gasteiger partial charge < -0.3 is 14.4 Å². The first kappa shape index (κ1) is 32.5. The average Bonchev–Trinajstić information content (AvgIpc) is 3.75. The summed E-state index contributed by atoms with van der Waals surface area (Å²) < 4.78 is 13.3. The maximum Gasteiger partial charge on any atom is 0.132 e. The van der Waals surface area contributed by atoms with E-state index in [1.54, 1.807) is 0 Å². The predicted molar refractivity (Wildman–Crippen MR) is 236 cm³/mol. The van der Waals surface area contributed by atoms with Gasteiger partial charge in [0, 0.05) is 39.3 Å². The summed E-state index contributed by atoms with van der Waals surface area (Å²) in [6, 6.07) is 77.1. The van der Waals surface area contributed by atoms with Crippen molar-refractivity contribution in [2.45, 2.75) is 10.8 Å². The molecule has 0 unspecified atom stereocenters. The molecule has 2 heterocycles. The number of ether oxygens (including phenoxy) is 2. The highest BCUT2D eigenvalue weighted by atomic mass is 16.5. The molecule has 13 rings (SSSR count). The van der Waals surface area contributed by atoms with Gasteiger partial charge >= 0.3 is 0 Å². The van der Waals surface area contributed by atoms with E-state index in [4.69, 9.17) is 9.47 Å². The van der Waals surface area contributed by atoms with Crippen LogP contribution >= 0.6 is 0 Å². The third kappa shape index (κ3) is 4.16. The second-order valence-electron chi connectivity index (χ2n) is 15.9. The van der Waals surface area contributed by atoms with Crippen molar-refractivity contribution in [3.05, 3.63) is 257 Å². The van der Waals surface area contributed by atoms with Crippen molar-refractivity contribution in [2.24, 2.45) is 0 Å². The molecule has 0 bridgehead atoms. The van der Waals surface area contributed by atoms with Crippen LogP contribution in [0.15, 0.2) is 212 Å². The predicted octanol–water partition coefficient (Wildman–Crippen LogP) is 14.1. The van der Waals surface area contributed by atoms with E-state index in [0.717, 1.165) is 62.3 Å². The molecule has 0 radical (unpaired) electrons. The van der Waals surface area contributed by atoms with Crippen LogP contribution in [0.5, 0.6) is 23.0 Å². The minimum atomic E-state index is -0.575. The number of hydrogen-bond acceptors (Lipinski definition) is 3. The Hall–Kier alpha value is -7.62. The van der Waals surface area contributed by atoms with Crippen LogP contribution in [0.1, 0.15) is 44.5 Å². The van der Waals surface area contributed by atoms with E-state index in [2.05, 4.69) is 217 Å². The Morgan fingerprint density at radius 1 is 0.254 bits per heavy atom. The molecule has 2 aliphatic carbocycles. The van der Waals surface area contributed by atoms with Crippen LogP contribution in [-0.2, 0) is 10.8 Å². The number of para-hydroxylation sites is 5. The Morgan fingerprint density at radius 3 is 0.983 bits per heavy atom. The van der Waals surface area contributed by atoms with Crippen LogP contribution in [0.3, 0.4) is 0 Å². The molecule has 0 saturated heterocycles. The van der Waals surface area contributed by atoms with E-state index < -0.39 is 10.8 Å². The molecule has 0 atom stereocenters. The average molecular weight is 754 g/mol. The van der Waals surface area contributed by atoms with Crippen molar-refractivity contribution in [3.8, 4) is 45.3 Å². The molecule has 0 amide bonds. The third-order valence-corrected chi connectivity index (χ3v) is 13.2. The zero-order chi connectivity index (χ0) is 38.7. The van der Waals surface area contributed by atoms with Crippen LogP contribution in [0, 0.1) is 0 Å². The molecule has 59 heavy (non-hydrogen) atoms. The molecular formula is C56H35NO2. The molecule has 0 fully saturated rings. The number of fused-ring (bicyclic) bond motifs is 18. The number of nitrogens with zero attached hydrogens (tertiary/aromatic N) is 1. The van der Waals surface area contributed by atoms with Gasteiger partial charge in [-0.05, 0) is 105 Å². The zero-order valence-electron chi connectivity index (χ0n) is 32.0. The summed E-state index contributed by atoms with van der Waals surface area (Å²) in [4.78, 5) is 2.43. The minimum absolute atomic E-state index is 0.575. The van der Waals surface area contributed by atoms with E-state index in [1.165, 1.54) is 44.5 Å². The fourth-order valence-electron chi connectivity index (χ4n) is 11.0. The molecule has 9 aromatic carbocycles. The molecule has 0 N–H and O–H groups in total. The summed E-state index contributed by atoms with van der Waals surface area (Å²) >= 11 is 0. The van der Waals surface area contributed by atoms with Crippen molar-refractivity contribution in [3.63, 3.8) is 0 Å². The van der Waals surface area contributed by atoms with Gasteiger partial charge in [0.2, 0.25) is 0 Å². The van der Waals surface area contributed by atoms with Gasteiger partial charge in [0.15, 0.2) is 0 Å². The van der Waals surface area contributed by atoms with E-state index in [0.29, 0.717) is 0 Å². The lowest BCUT2D eigenvalue weighted by atomic mass is 9.66. The Labute approximate surface area is 343 Å². The molecule has 0 aromatic heterocycles. The summed E-state index contributed by atoms with van der Waals surface area (Å²) in [5.74, 6) is 3.55. The zero-order valence-corrected chi connectivity index (χ0v) is 32.0. The fraction of sp³-hybridized carbons (Fsp3) is 0.0357. The second kappa shape index (κ2) is 12.0. The highest BCUT2D eigenvalue weighted by Crippen LogP contribution is 2.64. The molecular weight excluding hydrogens is 719 g/mol. The molecule has 2 spiro atoms. The number of hydrogen-bond donors (Lipinski definition) is 0. The highest BCUT2D eigenvalue weighted by molar-refractivity contribution is 5.94.